The maximum Gasteiger partial charge on any atom is 0.319 e. The molecule has 8 aromatic rings. The number of hydrogen-bond acceptors (Lipinski definition) is 25. The Morgan fingerprint density at radius 1 is 0.466 bits per heavy atom. The number of halogens is 6. The van der Waals surface area contributed by atoms with Crippen LogP contribution in [0.2, 0.25) is 30.1 Å². The lowest BCUT2D eigenvalue weighted by atomic mass is 9.85. The molecule has 3 aliphatic rings. The first-order valence-corrected chi connectivity index (χ1v) is 49.7. The number of ketones is 1. The quantitative estimate of drug-likeness (QED) is 0.0102. The molecule has 0 unspecified atom stereocenters. The van der Waals surface area contributed by atoms with Gasteiger partial charge in [0.25, 0.3) is 6.26 Å². The van der Waals surface area contributed by atoms with Gasteiger partial charge < -0.3 is 78.4 Å². The van der Waals surface area contributed by atoms with E-state index in [-0.39, 0.29) is 71.4 Å². The smallest absolute Gasteiger partial charge is 0.319 e. The molecule has 131 heavy (non-hydrogen) atoms. The van der Waals surface area contributed by atoms with Crippen LogP contribution in [0.4, 0.5) is 16.2 Å². The van der Waals surface area contributed by atoms with Gasteiger partial charge in [-0.05, 0) is 200 Å². The van der Waals surface area contributed by atoms with E-state index in [1.807, 2.05) is 114 Å². The Bertz CT molecular complexity index is 5330. The second-order valence-electron chi connectivity index (χ2n) is 30.7. The monoisotopic (exact) mass is 1980 g/mol. The summed E-state index contributed by atoms with van der Waals surface area (Å²) in [4.78, 5) is 43.5. The fourth-order valence-electron chi connectivity index (χ4n) is 14.2. The average Bonchev–Trinajstić information content (AvgIpc) is 0.782. The van der Waals surface area contributed by atoms with Crippen molar-refractivity contribution in [3.63, 3.8) is 0 Å². The average molecular weight is 1990 g/mol. The van der Waals surface area contributed by atoms with Crippen LogP contribution >= 0.6 is 69.6 Å². The van der Waals surface area contributed by atoms with E-state index in [1.165, 1.54) is 12.3 Å². The molecule has 0 fully saturated rings. The van der Waals surface area contributed by atoms with E-state index in [2.05, 4.69) is 44.5 Å². The van der Waals surface area contributed by atoms with Crippen molar-refractivity contribution in [1.29, 1.82) is 5.26 Å². The van der Waals surface area contributed by atoms with Gasteiger partial charge in [-0.15, -0.1) is 5.26 Å². The number of nitrogens with zero attached hydrogens (tertiary/aromatic N) is 5. The molecule has 11 rings (SSSR count). The Kier molecular flexibility index (Phi) is 48.1. The Morgan fingerprint density at radius 3 is 1.20 bits per heavy atom. The SMILES string of the molecule is CCC(=O)CCCOCCOCCOCCCS(=O)(=O)c1ccc([C@@H]2CN(C)Cc3c(Cl)cc(Cl)cc32)cc1.CN1Cc2c(Cl)cc(Cl)cc2[C@H](c2ccc(S(=O)(=O)NCCOCCOCCOCCN)cc2)C1.Cc1ccc(NC(=O)NCCOCCOCCOCCNS(=O)(=O)c2ccc([C@@H]3CN(C)Cc4c(Cl)cc(Cl)cc43)cc2)cc1.N#COc1ccc(N=C=O)cc1. The van der Waals surface area contributed by atoms with Crippen LogP contribution in [0.25, 0.3) is 0 Å². The van der Waals surface area contributed by atoms with Crippen molar-refractivity contribution in [3.05, 3.63) is 243 Å². The predicted octanol–water partition coefficient (Wildman–Crippen LogP) is 14.9. The summed E-state index contributed by atoms with van der Waals surface area (Å²) in [7, 11) is -4.63. The van der Waals surface area contributed by atoms with E-state index in [1.54, 1.807) is 78.9 Å². The third kappa shape index (κ3) is 37.9. The standard InChI is InChI=1S/C32H40Cl2N4O6S.C29H39Cl2NO6S.C24H33Cl2N3O5S.C8H4N2O2/c1-23-3-7-26(8-4-23)37-32(39)35-11-13-42-15-17-44-18-16-43-14-12-36-45(40,41)27-9-5-24(6-10-27)29-21-38(2)22-30-28(29)19-25(33)20-31(30)34;1-3-24(33)6-4-11-36-13-15-38-16-14-37-12-5-17-39(34,35)25-9-7-22(8-10-25)27-20-32(2)21-28-26(27)18-23(30)19-29(28)31;1-29-16-22(21-14-19(25)15-24(26)23(21)17-29)18-2-4-20(5-3-18)35(30,31)28-7-9-33-11-13-34-12-10-32-8-6-27;9-5-12-8-3-1-7(2-4-8)10-6-11/h3-10,19-20,29,36H,11-18,21-22H2,1-2H3,(H2,35,37,39);7-10,18-19,27H,3-6,11-17,20-21H2,1-2H3;2-5,14-15,22,28H,6-13,16-17,27H2,1H3;1-4H/t29-;27-;22-;/m000./s1. The number of sulfonamides is 2. The molecule has 0 bridgehead atoms. The van der Waals surface area contributed by atoms with Crippen LogP contribution in [0.3, 0.4) is 0 Å². The predicted molar refractivity (Wildman–Crippen MR) is 510 cm³/mol. The number of nitrogens with one attached hydrogen (secondary N) is 4. The van der Waals surface area contributed by atoms with E-state index in [9.17, 15) is 39.6 Å². The first kappa shape index (κ1) is 109. The number of aliphatic imine (C=N–C) groups is 1. The number of fused-ring (bicyclic) bond motifs is 3. The highest BCUT2D eigenvalue weighted by Crippen LogP contribution is 2.42. The number of benzene rings is 8. The van der Waals surface area contributed by atoms with Crippen molar-refractivity contribution < 1.29 is 87.0 Å². The zero-order chi connectivity index (χ0) is 94.6. The molecule has 3 atom stereocenters. The minimum absolute atomic E-state index is 0.0157. The summed E-state index contributed by atoms with van der Waals surface area (Å²) in [5.41, 5.74) is 17.1. The first-order chi connectivity index (χ1) is 63.0. The van der Waals surface area contributed by atoms with Crippen molar-refractivity contribution >= 4 is 129 Å². The van der Waals surface area contributed by atoms with Crippen molar-refractivity contribution in [2.75, 3.05) is 197 Å². The van der Waals surface area contributed by atoms with Gasteiger partial charge in [0.1, 0.15) is 11.5 Å². The highest BCUT2D eigenvalue weighted by Gasteiger charge is 2.32. The van der Waals surface area contributed by atoms with Crippen LogP contribution < -0.4 is 30.5 Å². The number of nitriles is 1. The van der Waals surface area contributed by atoms with Gasteiger partial charge in [0.15, 0.2) is 9.84 Å². The fourth-order valence-corrected chi connectivity index (χ4v) is 19.2. The second kappa shape index (κ2) is 57.9. The fraction of sp³-hybridized carbons (Fsp3) is 0.441. The number of Topliss-reactive ketones (excluding diaryl/α,β-unsaturated/α-hetero) is 1. The van der Waals surface area contributed by atoms with Crippen molar-refractivity contribution in [2.24, 2.45) is 10.7 Å². The van der Waals surface area contributed by atoms with E-state index >= 15 is 0 Å². The molecule has 29 nitrogen and oxygen atoms in total. The number of carbonyl (C=O) groups excluding carboxylic acids is 3. The number of urea groups is 1. The lowest BCUT2D eigenvalue weighted by molar-refractivity contribution is -0.119. The molecule has 0 saturated carbocycles. The number of sulfone groups is 1. The third-order valence-corrected chi connectivity index (χ3v) is 27.2. The molecule has 0 saturated heterocycles. The van der Waals surface area contributed by atoms with E-state index in [4.69, 9.17) is 123 Å². The summed E-state index contributed by atoms with van der Waals surface area (Å²) in [5, 5.41) is 17.3. The minimum Gasteiger partial charge on any atom is -0.388 e. The summed E-state index contributed by atoms with van der Waals surface area (Å²) >= 11 is 38.2. The van der Waals surface area contributed by atoms with Gasteiger partial charge in [-0.1, -0.05) is 131 Å². The molecule has 712 valence electrons. The molecule has 0 spiro atoms. The maximum atomic E-state index is 12.8. The number of isocyanates is 1. The third-order valence-electron chi connectivity index (χ3n) is 20.7. The summed E-state index contributed by atoms with van der Waals surface area (Å²) in [5.74, 6) is 0.827. The Morgan fingerprint density at radius 2 is 0.824 bits per heavy atom. The van der Waals surface area contributed by atoms with Gasteiger partial charge in [-0.3, -0.25) is 4.79 Å². The molecular formula is C93H116Cl6N10O19S3. The molecule has 6 N–H and O–H groups in total. The van der Waals surface area contributed by atoms with E-state index in [0.29, 0.717) is 185 Å². The van der Waals surface area contributed by atoms with Gasteiger partial charge in [0.2, 0.25) is 26.1 Å². The maximum absolute atomic E-state index is 12.8. The number of rotatable bonds is 49. The number of ether oxygens (including phenoxy) is 10. The molecule has 38 heteroatoms. The van der Waals surface area contributed by atoms with Crippen molar-refractivity contribution in [2.45, 2.75) is 91.6 Å². The molecule has 0 radical (unpaired) electrons. The van der Waals surface area contributed by atoms with E-state index in [0.717, 1.165) is 107 Å². The van der Waals surface area contributed by atoms with Crippen LogP contribution in [0.15, 0.2) is 177 Å². The van der Waals surface area contributed by atoms with Gasteiger partial charge in [0, 0.05) is 145 Å². The van der Waals surface area contributed by atoms with Crippen LogP contribution in [0, 0.1) is 18.4 Å². The summed E-state index contributed by atoms with van der Waals surface area (Å²) < 4.78 is 135. The van der Waals surface area contributed by atoms with Crippen molar-refractivity contribution in [3.8, 4) is 12.0 Å². The summed E-state index contributed by atoms with van der Waals surface area (Å²) in [6.07, 6.45) is 5.21. The van der Waals surface area contributed by atoms with E-state index < -0.39 is 29.9 Å². The number of nitrogens with two attached hydrogens (primary N) is 1. The van der Waals surface area contributed by atoms with Gasteiger partial charge in [0.05, 0.1) is 132 Å². The highest BCUT2D eigenvalue weighted by molar-refractivity contribution is 7.91. The molecule has 2 amide bonds. The van der Waals surface area contributed by atoms with Gasteiger partial charge in [-0.25, -0.2) is 44.3 Å². The number of aryl methyl sites for hydroxylation is 1. The lowest BCUT2D eigenvalue weighted by Crippen LogP contribution is -2.31. The van der Waals surface area contributed by atoms with Gasteiger partial charge in [-0.2, -0.15) is 4.99 Å². The number of carbonyl (C=O) groups is 2. The summed E-state index contributed by atoms with van der Waals surface area (Å²) in [6, 6.07) is 45.6. The number of likely N-dealkylation sites (N-methyl/N-ethyl adjacent to an activating group) is 3. The Hall–Kier alpha value is -7.64. The number of hydrogen-bond donors (Lipinski definition) is 5. The Labute approximate surface area is 799 Å². The highest BCUT2D eigenvalue weighted by atomic mass is 35.5. The Balaban J connectivity index is 0.000000228. The first-order valence-electron chi connectivity index (χ1n) is 42.8. The number of amides is 2. The normalized spacial score (nSPS) is 15.0. The topological polar surface area (TPSA) is 366 Å². The number of anilines is 1. The lowest BCUT2D eigenvalue weighted by Gasteiger charge is -2.33. The van der Waals surface area contributed by atoms with Crippen LogP contribution in [0.1, 0.15) is 106 Å². The zero-order valence-corrected chi connectivity index (χ0v) is 81.1. The molecule has 0 aromatic heterocycles. The molecular weight excluding hydrogens is 1870 g/mol. The molecule has 0 aliphatic carbocycles. The zero-order valence-electron chi connectivity index (χ0n) is 74.1. The van der Waals surface area contributed by atoms with Crippen LogP contribution in [0.5, 0.6) is 5.75 Å². The molecule has 3 aliphatic heterocycles. The minimum atomic E-state index is -3.69. The van der Waals surface area contributed by atoms with Crippen LogP contribution in [-0.2, 0) is 102 Å². The molecule has 3 heterocycles. The second-order valence-corrected chi connectivity index (χ2v) is 38.9. The van der Waals surface area contributed by atoms with Crippen molar-refractivity contribution in [1.82, 2.24) is 29.5 Å². The summed E-state index contributed by atoms with van der Waals surface area (Å²) in [6.45, 7) is 16.7. The van der Waals surface area contributed by atoms with Gasteiger partial charge >= 0.3 is 6.03 Å². The van der Waals surface area contributed by atoms with Crippen LogP contribution in [-0.4, -0.2) is 249 Å². The largest absolute Gasteiger partial charge is 0.388 e. The molecule has 8 aromatic carbocycles.